The van der Waals surface area contributed by atoms with E-state index in [4.69, 9.17) is 5.11 Å². The maximum absolute atomic E-state index is 12.7. The molecule has 0 aromatic rings. The third-order valence-electron chi connectivity index (χ3n) is 5.18. The van der Waals surface area contributed by atoms with E-state index in [-0.39, 0.29) is 24.2 Å². The predicted octanol–water partition coefficient (Wildman–Crippen LogP) is 1.99. The smallest absolute Gasteiger partial charge is 0.307 e. The fraction of sp³-hybridized carbons (Fsp3) is 0.875. The fourth-order valence-corrected chi connectivity index (χ4v) is 3.60. The molecule has 2 unspecified atom stereocenters. The van der Waals surface area contributed by atoms with E-state index in [1.807, 2.05) is 4.90 Å². The van der Waals surface area contributed by atoms with Crippen molar-refractivity contribution in [3.8, 4) is 0 Å². The SMILES string of the molecule is CC(C1CC1)N(C(=O)CN1CCCC(C(=O)O)C1)C1CC1.Cl. The summed E-state index contributed by atoms with van der Waals surface area (Å²) in [5, 5.41) is 9.14. The molecule has 2 saturated carbocycles. The number of rotatable bonds is 6. The highest BCUT2D eigenvalue weighted by molar-refractivity contribution is 5.85. The molecule has 1 aliphatic heterocycles. The normalized spacial score (nSPS) is 26.9. The number of carbonyl (C=O) groups is 2. The maximum Gasteiger partial charge on any atom is 0.307 e. The summed E-state index contributed by atoms with van der Waals surface area (Å²) in [4.78, 5) is 28.0. The van der Waals surface area contributed by atoms with E-state index in [2.05, 4.69) is 11.8 Å². The van der Waals surface area contributed by atoms with Crippen LogP contribution >= 0.6 is 12.4 Å². The van der Waals surface area contributed by atoms with Gasteiger partial charge in [-0.25, -0.2) is 0 Å². The first kappa shape index (κ1) is 17.5. The second-order valence-electron chi connectivity index (χ2n) is 7.02. The van der Waals surface area contributed by atoms with Gasteiger partial charge in [0.15, 0.2) is 0 Å². The van der Waals surface area contributed by atoms with Gasteiger partial charge in [-0.2, -0.15) is 0 Å². The number of carboxylic acids is 1. The van der Waals surface area contributed by atoms with Crippen molar-refractivity contribution in [1.82, 2.24) is 9.80 Å². The van der Waals surface area contributed by atoms with Crippen molar-refractivity contribution in [2.24, 2.45) is 11.8 Å². The highest BCUT2D eigenvalue weighted by Gasteiger charge is 2.42. The highest BCUT2D eigenvalue weighted by atomic mass is 35.5. The molecule has 1 amide bonds. The molecule has 3 aliphatic rings. The Kier molecular flexibility index (Phi) is 5.72. The zero-order valence-electron chi connectivity index (χ0n) is 13.2. The van der Waals surface area contributed by atoms with Gasteiger partial charge in [-0.3, -0.25) is 14.5 Å². The minimum absolute atomic E-state index is 0. The molecule has 2 aliphatic carbocycles. The van der Waals surface area contributed by atoms with Crippen molar-refractivity contribution in [1.29, 1.82) is 0 Å². The Labute approximate surface area is 138 Å². The predicted molar refractivity (Wildman–Crippen MR) is 86.1 cm³/mol. The standard InChI is InChI=1S/C16H26N2O3.ClH/c1-11(12-4-5-12)18(14-6-7-14)15(19)10-17-8-2-3-13(9-17)16(20)21;/h11-14H,2-10H2,1H3,(H,20,21);1H. The van der Waals surface area contributed by atoms with Crippen molar-refractivity contribution in [3.63, 3.8) is 0 Å². The molecule has 3 fully saturated rings. The summed E-state index contributed by atoms with van der Waals surface area (Å²) in [6.07, 6.45) is 6.41. The molecule has 0 aromatic heterocycles. The molecule has 1 heterocycles. The number of aliphatic carboxylic acids is 1. The lowest BCUT2D eigenvalue weighted by Gasteiger charge is -2.34. The zero-order valence-corrected chi connectivity index (χ0v) is 14.1. The summed E-state index contributed by atoms with van der Waals surface area (Å²) >= 11 is 0. The van der Waals surface area contributed by atoms with Gasteiger partial charge in [0.2, 0.25) is 5.91 Å². The van der Waals surface area contributed by atoms with Crippen molar-refractivity contribution in [2.45, 2.75) is 57.5 Å². The lowest BCUT2D eigenvalue weighted by Crippen LogP contribution is -2.49. The lowest BCUT2D eigenvalue weighted by atomic mass is 9.98. The van der Waals surface area contributed by atoms with Gasteiger partial charge < -0.3 is 10.0 Å². The van der Waals surface area contributed by atoms with Crippen molar-refractivity contribution < 1.29 is 14.7 Å². The van der Waals surface area contributed by atoms with E-state index in [1.165, 1.54) is 12.8 Å². The van der Waals surface area contributed by atoms with Gasteiger partial charge in [-0.05, 0) is 57.9 Å². The average Bonchev–Trinajstić information content (AvgIpc) is 3.31. The van der Waals surface area contributed by atoms with Crippen molar-refractivity contribution in [2.75, 3.05) is 19.6 Å². The van der Waals surface area contributed by atoms with Crippen LogP contribution in [0, 0.1) is 11.8 Å². The number of carboxylic acid groups (broad SMARTS) is 1. The van der Waals surface area contributed by atoms with Crippen molar-refractivity contribution in [3.05, 3.63) is 0 Å². The number of amides is 1. The fourth-order valence-electron chi connectivity index (χ4n) is 3.60. The molecule has 5 nitrogen and oxygen atoms in total. The van der Waals surface area contributed by atoms with Crippen molar-refractivity contribution >= 4 is 24.3 Å². The maximum atomic E-state index is 12.7. The molecule has 126 valence electrons. The number of nitrogens with zero attached hydrogens (tertiary/aromatic N) is 2. The second-order valence-corrected chi connectivity index (χ2v) is 7.02. The first-order valence-electron chi connectivity index (χ1n) is 8.32. The minimum Gasteiger partial charge on any atom is -0.481 e. The Hall–Kier alpha value is -0.810. The van der Waals surface area contributed by atoms with Gasteiger partial charge in [0.25, 0.3) is 0 Å². The summed E-state index contributed by atoms with van der Waals surface area (Å²) in [5.41, 5.74) is 0. The Morgan fingerprint density at radius 2 is 1.91 bits per heavy atom. The van der Waals surface area contributed by atoms with Gasteiger partial charge in [0.05, 0.1) is 12.5 Å². The number of hydrogen-bond acceptors (Lipinski definition) is 3. The van der Waals surface area contributed by atoms with Gasteiger partial charge in [0.1, 0.15) is 0 Å². The highest BCUT2D eigenvalue weighted by Crippen LogP contribution is 2.39. The van der Waals surface area contributed by atoms with Crippen LogP contribution in [0.2, 0.25) is 0 Å². The van der Waals surface area contributed by atoms with Gasteiger partial charge in [0, 0.05) is 18.6 Å². The molecule has 3 rings (SSSR count). The Balaban J connectivity index is 0.00000176. The largest absolute Gasteiger partial charge is 0.481 e. The molecule has 0 aromatic carbocycles. The first-order chi connectivity index (χ1) is 10.1. The van der Waals surface area contributed by atoms with Gasteiger partial charge in [-0.1, -0.05) is 0 Å². The monoisotopic (exact) mass is 330 g/mol. The number of halogens is 1. The Morgan fingerprint density at radius 1 is 1.23 bits per heavy atom. The van der Waals surface area contributed by atoms with Crippen LogP contribution in [-0.4, -0.2) is 58.5 Å². The Morgan fingerprint density at radius 3 is 2.45 bits per heavy atom. The van der Waals surface area contributed by atoms with Crippen LogP contribution in [0.3, 0.4) is 0 Å². The van der Waals surface area contributed by atoms with Crippen LogP contribution in [-0.2, 0) is 9.59 Å². The number of piperidine rings is 1. The molecule has 0 spiro atoms. The summed E-state index contributed by atoms with van der Waals surface area (Å²) in [6, 6.07) is 0.818. The minimum atomic E-state index is -0.724. The molecule has 0 bridgehead atoms. The van der Waals surface area contributed by atoms with Gasteiger partial charge in [-0.15, -0.1) is 12.4 Å². The third kappa shape index (κ3) is 4.13. The van der Waals surface area contributed by atoms with Crippen LogP contribution < -0.4 is 0 Å². The summed E-state index contributed by atoms with van der Waals surface area (Å²) < 4.78 is 0. The number of carbonyl (C=O) groups excluding carboxylic acids is 1. The summed E-state index contributed by atoms with van der Waals surface area (Å²) in [6.45, 7) is 3.96. The first-order valence-corrected chi connectivity index (χ1v) is 8.32. The quantitative estimate of drug-likeness (QED) is 0.809. The second kappa shape index (κ2) is 7.18. The summed E-state index contributed by atoms with van der Waals surface area (Å²) in [5.74, 6) is -0.120. The van der Waals surface area contributed by atoms with E-state index in [9.17, 15) is 9.59 Å². The van der Waals surface area contributed by atoms with E-state index in [1.54, 1.807) is 0 Å². The van der Waals surface area contributed by atoms with Crippen LogP contribution in [0.15, 0.2) is 0 Å². The number of likely N-dealkylation sites (tertiary alicyclic amines) is 1. The van der Waals surface area contributed by atoms with Crippen LogP contribution in [0.5, 0.6) is 0 Å². The van der Waals surface area contributed by atoms with Crippen LogP contribution in [0.4, 0.5) is 0 Å². The van der Waals surface area contributed by atoms with E-state index >= 15 is 0 Å². The van der Waals surface area contributed by atoms with Crippen LogP contribution in [0.1, 0.15) is 45.4 Å². The lowest BCUT2D eigenvalue weighted by molar-refractivity contribution is -0.145. The van der Waals surface area contributed by atoms with E-state index in [0.29, 0.717) is 31.1 Å². The molecule has 2 atom stereocenters. The molecule has 22 heavy (non-hydrogen) atoms. The summed E-state index contributed by atoms with van der Waals surface area (Å²) in [7, 11) is 0. The van der Waals surface area contributed by atoms with E-state index < -0.39 is 5.97 Å². The van der Waals surface area contributed by atoms with Gasteiger partial charge >= 0.3 is 5.97 Å². The molecule has 6 heteroatoms. The molecular weight excluding hydrogens is 304 g/mol. The number of hydrogen-bond donors (Lipinski definition) is 1. The molecule has 1 N–H and O–H groups in total. The zero-order chi connectivity index (χ0) is 15.0. The Bertz CT molecular complexity index is 424. The topological polar surface area (TPSA) is 60.9 Å². The molecule has 0 radical (unpaired) electrons. The molecular formula is C16H27ClN2O3. The third-order valence-corrected chi connectivity index (χ3v) is 5.18. The van der Waals surface area contributed by atoms with Crippen LogP contribution in [0.25, 0.3) is 0 Å². The molecule has 1 saturated heterocycles. The van der Waals surface area contributed by atoms with E-state index in [0.717, 1.165) is 32.2 Å². The average molecular weight is 331 g/mol.